The van der Waals surface area contributed by atoms with Gasteiger partial charge >= 0.3 is 0 Å². The Bertz CT molecular complexity index is 922. The van der Waals surface area contributed by atoms with E-state index in [0.29, 0.717) is 5.69 Å². The molecule has 23 heavy (non-hydrogen) atoms. The van der Waals surface area contributed by atoms with Gasteiger partial charge in [-0.1, -0.05) is 37.9 Å². The molecule has 5 nitrogen and oxygen atoms in total. The Hall–Kier alpha value is -1.99. The van der Waals surface area contributed by atoms with E-state index < -0.39 is 0 Å². The van der Waals surface area contributed by atoms with Crippen LogP contribution in [-0.4, -0.2) is 17.2 Å². The molecule has 2 heterocycles. The number of nitrogens with one attached hydrogen (secondary N) is 4. The number of aromatic nitrogens is 1. The van der Waals surface area contributed by atoms with Gasteiger partial charge in [0, 0.05) is 19.8 Å². The van der Waals surface area contributed by atoms with E-state index in [0.717, 1.165) is 31.2 Å². The minimum absolute atomic E-state index is 0.172. The van der Waals surface area contributed by atoms with Crippen molar-refractivity contribution in [2.24, 2.45) is 0 Å². The van der Waals surface area contributed by atoms with Gasteiger partial charge < -0.3 is 20.9 Å². The Morgan fingerprint density at radius 2 is 1.70 bits per heavy atom. The van der Waals surface area contributed by atoms with Gasteiger partial charge in [0.05, 0.1) is 11.4 Å². The summed E-state index contributed by atoms with van der Waals surface area (Å²) in [7, 11) is 0. The molecule has 0 spiro atoms. The quantitative estimate of drug-likeness (QED) is 0.486. The molecule has 1 atom stereocenters. The molecule has 3 aromatic rings. The Kier molecular flexibility index (Phi) is 3.54. The van der Waals surface area contributed by atoms with Crippen LogP contribution >= 0.6 is 31.9 Å². The van der Waals surface area contributed by atoms with Gasteiger partial charge in [-0.25, -0.2) is 0 Å². The molecule has 1 aliphatic rings. The van der Waals surface area contributed by atoms with Crippen LogP contribution in [0.25, 0.3) is 10.9 Å². The Balaban J connectivity index is 1.52. The van der Waals surface area contributed by atoms with Gasteiger partial charge in [0.15, 0.2) is 6.29 Å². The van der Waals surface area contributed by atoms with Crippen molar-refractivity contribution in [1.82, 2.24) is 10.3 Å². The van der Waals surface area contributed by atoms with Crippen molar-refractivity contribution in [2.75, 3.05) is 10.6 Å². The maximum Gasteiger partial charge on any atom is 0.270 e. The first-order valence-corrected chi connectivity index (χ1v) is 8.59. The van der Waals surface area contributed by atoms with Crippen molar-refractivity contribution >= 4 is 60.0 Å². The summed E-state index contributed by atoms with van der Waals surface area (Å²) in [6, 6.07) is 13.6. The van der Waals surface area contributed by atoms with Crippen LogP contribution in [0.4, 0.5) is 11.4 Å². The number of benzene rings is 2. The fourth-order valence-corrected chi connectivity index (χ4v) is 3.33. The van der Waals surface area contributed by atoms with Gasteiger partial charge in [0.25, 0.3) is 5.91 Å². The molecule has 0 saturated carbocycles. The van der Waals surface area contributed by atoms with Crippen LogP contribution in [0.15, 0.2) is 51.4 Å². The van der Waals surface area contributed by atoms with E-state index >= 15 is 0 Å². The van der Waals surface area contributed by atoms with Crippen LogP contribution in [0.1, 0.15) is 10.5 Å². The smallest absolute Gasteiger partial charge is 0.270 e. The van der Waals surface area contributed by atoms with Crippen molar-refractivity contribution in [3.8, 4) is 0 Å². The second-order valence-electron chi connectivity index (χ2n) is 5.30. The first-order valence-electron chi connectivity index (χ1n) is 7.00. The molecule has 0 saturated heterocycles. The first-order chi connectivity index (χ1) is 11.1. The number of H-pyrrole nitrogens is 1. The van der Waals surface area contributed by atoms with Crippen LogP contribution in [0.3, 0.4) is 0 Å². The van der Waals surface area contributed by atoms with Crippen LogP contribution in [0, 0.1) is 0 Å². The highest BCUT2D eigenvalue weighted by molar-refractivity contribution is 9.10. The highest BCUT2D eigenvalue weighted by Gasteiger charge is 2.22. The molecule has 0 fully saturated rings. The molecular formula is C16H12Br2N4O. The Morgan fingerprint density at radius 1 is 0.957 bits per heavy atom. The van der Waals surface area contributed by atoms with Crippen LogP contribution in [-0.2, 0) is 0 Å². The Labute approximate surface area is 149 Å². The minimum atomic E-state index is -0.343. The standard InChI is InChI=1S/C16H12Br2N4O/c17-9-2-1-8-5-14(19-12(8)6-9)15(23)22-16-20-11-4-3-10(18)7-13(11)21-16/h1-7,16,19-21H,(H,22,23). The SMILES string of the molecule is O=C(NC1Nc2ccc(Br)cc2N1)c1cc2ccc(Br)cc2[nH]1. The summed E-state index contributed by atoms with van der Waals surface area (Å²) in [4.78, 5) is 15.6. The number of aromatic amines is 1. The van der Waals surface area contributed by atoms with Crippen molar-refractivity contribution < 1.29 is 4.79 Å². The summed E-state index contributed by atoms with van der Waals surface area (Å²) < 4.78 is 1.96. The second-order valence-corrected chi connectivity index (χ2v) is 7.13. The lowest BCUT2D eigenvalue weighted by molar-refractivity contribution is 0.0942. The third-order valence-corrected chi connectivity index (χ3v) is 4.67. The molecule has 1 unspecified atom stereocenters. The van der Waals surface area contributed by atoms with Gasteiger partial charge in [0.2, 0.25) is 0 Å². The van der Waals surface area contributed by atoms with Crippen molar-refractivity contribution in [2.45, 2.75) is 6.29 Å². The van der Waals surface area contributed by atoms with Crippen LogP contribution in [0.2, 0.25) is 0 Å². The number of halogens is 2. The van der Waals surface area contributed by atoms with Gasteiger partial charge in [-0.3, -0.25) is 4.79 Å². The summed E-state index contributed by atoms with van der Waals surface area (Å²) in [6.45, 7) is 0. The largest absolute Gasteiger partial charge is 0.350 e. The lowest BCUT2D eigenvalue weighted by atomic mass is 10.2. The van der Waals surface area contributed by atoms with E-state index in [9.17, 15) is 4.79 Å². The molecule has 0 aliphatic carbocycles. The number of hydrogen-bond donors (Lipinski definition) is 4. The van der Waals surface area contributed by atoms with Gasteiger partial charge in [-0.05, 0) is 36.4 Å². The summed E-state index contributed by atoms with van der Waals surface area (Å²) in [5, 5.41) is 10.4. The van der Waals surface area contributed by atoms with Crippen molar-refractivity contribution in [3.05, 3.63) is 57.1 Å². The fourth-order valence-electron chi connectivity index (χ4n) is 2.61. The van der Waals surface area contributed by atoms with E-state index in [1.54, 1.807) is 0 Å². The van der Waals surface area contributed by atoms with Crippen LogP contribution < -0.4 is 16.0 Å². The molecule has 1 amide bonds. The molecule has 116 valence electrons. The summed E-state index contributed by atoms with van der Waals surface area (Å²) in [6.07, 6.45) is -0.343. The third kappa shape index (κ3) is 2.82. The molecular weight excluding hydrogens is 424 g/mol. The van der Waals surface area contributed by atoms with Gasteiger partial charge in [-0.15, -0.1) is 0 Å². The molecule has 2 aromatic carbocycles. The van der Waals surface area contributed by atoms with E-state index in [2.05, 4.69) is 52.8 Å². The lowest BCUT2D eigenvalue weighted by Crippen LogP contribution is -2.42. The van der Waals surface area contributed by atoms with E-state index in [-0.39, 0.29) is 12.2 Å². The monoisotopic (exact) mass is 434 g/mol. The average molecular weight is 436 g/mol. The molecule has 1 aromatic heterocycles. The zero-order valence-corrected chi connectivity index (χ0v) is 15.0. The topological polar surface area (TPSA) is 69.0 Å². The summed E-state index contributed by atoms with van der Waals surface area (Å²) in [5.74, 6) is -0.172. The third-order valence-electron chi connectivity index (χ3n) is 3.69. The zero-order chi connectivity index (χ0) is 16.0. The number of fused-ring (bicyclic) bond motifs is 2. The van der Waals surface area contributed by atoms with Gasteiger partial charge in [-0.2, -0.15) is 0 Å². The fraction of sp³-hybridized carbons (Fsp3) is 0.0625. The highest BCUT2D eigenvalue weighted by Crippen LogP contribution is 2.31. The average Bonchev–Trinajstić information content (AvgIpc) is 3.09. The molecule has 0 bridgehead atoms. The summed E-state index contributed by atoms with van der Waals surface area (Å²) in [5.41, 5.74) is 3.35. The molecule has 1 aliphatic heterocycles. The predicted octanol–water partition coefficient (Wildman–Crippen LogP) is 4.24. The number of hydrogen-bond acceptors (Lipinski definition) is 3. The first kappa shape index (κ1) is 14.6. The maximum absolute atomic E-state index is 12.4. The molecule has 4 rings (SSSR count). The second kappa shape index (κ2) is 5.58. The van der Waals surface area contributed by atoms with Crippen molar-refractivity contribution in [1.29, 1.82) is 0 Å². The van der Waals surface area contributed by atoms with Crippen molar-refractivity contribution in [3.63, 3.8) is 0 Å². The maximum atomic E-state index is 12.4. The Morgan fingerprint density at radius 3 is 2.57 bits per heavy atom. The zero-order valence-electron chi connectivity index (χ0n) is 11.8. The number of anilines is 2. The number of carbonyl (C=O) groups is 1. The summed E-state index contributed by atoms with van der Waals surface area (Å²) >= 11 is 6.86. The number of carbonyl (C=O) groups excluding carboxylic acids is 1. The lowest BCUT2D eigenvalue weighted by Gasteiger charge is -2.13. The normalized spacial score (nSPS) is 15.8. The van der Waals surface area contributed by atoms with E-state index in [1.165, 1.54) is 0 Å². The molecule has 7 heteroatoms. The van der Waals surface area contributed by atoms with E-state index in [4.69, 9.17) is 0 Å². The van der Waals surface area contributed by atoms with Gasteiger partial charge in [0.1, 0.15) is 5.69 Å². The minimum Gasteiger partial charge on any atom is -0.350 e. The highest BCUT2D eigenvalue weighted by atomic mass is 79.9. The number of rotatable bonds is 2. The van der Waals surface area contributed by atoms with E-state index in [1.807, 2.05) is 42.5 Å². The molecule has 0 radical (unpaired) electrons. The number of amides is 1. The van der Waals surface area contributed by atoms with Crippen LogP contribution in [0.5, 0.6) is 0 Å². The predicted molar refractivity (Wildman–Crippen MR) is 98.6 cm³/mol. The molecule has 4 N–H and O–H groups in total.